The zero-order chi connectivity index (χ0) is 14.7. The smallest absolute Gasteiger partial charge is 0.239 e. The van der Waals surface area contributed by atoms with Crippen LogP contribution in [0, 0.1) is 0 Å². The summed E-state index contributed by atoms with van der Waals surface area (Å²) in [6, 6.07) is 9.95. The number of carbonyl (C=O) groups is 1. The second-order valence-electron chi connectivity index (χ2n) is 5.47. The summed E-state index contributed by atoms with van der Waals surface area (Å²) >= 11 is 0. The van der Waals surface area contributed by atoms with Gasteiger partial charge in [0.25, 0.3) is 0 Å². The van der Waals surface area contributed by atoms with Crippen molar-refractivity contribution in [1.29, 1.82) is 0 Å². The minimum Gasteiger partial charge on any atom is -0.340 e. The second kappa shape index (κ2) is 7.42. The topological polar surface area (TPSA) is 50.2 Å². The lowest BCUT2D eigenvalue weighted by Crippen LogP contribution is -2.41. The Labute approximate surface area is 136 Å². The summed E-state index contributed by atoms with van der Waals surface area (Å²) in [6.07, 6.45) is 5.81. The van der Waals surface area contributed by atoms with Crippen LogP contribution in [0.4, 0.5) is 0 Å². The number of carbonyl (C=O) groups excluding carboxylic acids is 1. The van der Waals surface area contributed by atoms with Gasteiger partial charge in [-0.15, -0.1) is 12.4 Å². The third-order valence-electron chi connectivity index (χ3n) is 3.81. The lowest BCUT2D eigenvalue weighted by Gasteiger charge is -2.20. The first-order valence-corrected chi connectivity index (χ1v) is 7.31. The molecule has 118 valence electrons. The molecule has 6 heteroatoms. The number of amides is 1. The molecule has 0 bridgehead atoms. The molecule has 0 radical (unpaired) electrons. The molecule has 1 fully saturated rings. The van der Waals surface area contributed by atoms with Gasteiger partial charge in [-0.05, 0) is 31.5 Å². The molecule has 0 aliphatic carbocycles. The minimum atomic E-state index is -0.0147. The number of likely N-dealkylation sites (N-methyl/N-ethyl adjacent to an activating group) is 1. The van der Waals surface area contributed by atoms with Crippen molar-refractivity contribution in [3.63, 3.8) is 0 Å². The Kier molecular flexibility index (Phi) is 5.57. The number of nitrogens with one attached hydrogen (secondary N) is 1. The molecular weight excluding hydrogens is 300 g/mol. The number of para-hydroxylation sites is 1. The van der Waals surface area contributed by atoms with Gasteiger partial charge in [0, 0.05) is 25.4 Å². The lowest BCUT2D eigenvalue weighted by molar-refractivity contribution is -0.132. The van der Waals surface area contributed by atoms with Crippen molar-refractivity contribution in [2.75, 3.05) is 13.6 Å². The molecule has 1 aromatic carbocycles. The van der Waals surface area contributed by atoms with Crippen molar-refractivity contribution < 1.29 is 4.79 Å². The first-order valence-electron chi connectivity index (χ1n) is 7.31. The quantitative estimate of drug-likeness (QED) is 0.937. The van der Waals surface area contributed by atoms with Gasteiger partial charge in [0.2, 0.25) is 5.91 Å². The number of halogens is 1. The average molecular weight is 321 g/mol. The monoisotopic (exact) mass is 320 g/mol. The standard InChI is InChI=1S/C16H20N4O.ClH/c1-19(16(21)15-8-5-9-17-15)11-13-10-18-20(12-13)14-6-3-2-4-7-14;/h2-4,6-7,10,12,15,17H,5,8-9,11H2,1H3;1H. The van der Waals surface area contributed by atoms with Crippen molar-refractivity contribution in [3.8, 4) is 5.69 Å². The molecule has 1 aliphatic heterocycles. The number of rotatable bonds is 4. The Morgan fingerprint density at radius 1 is 1.41 bits per heavy atom. The number of aromatic nitrogens is 2. The van der Waals surface area contributed by atoms with E-state index in [1.807, 2.05) is 54.5 Å². The molecule has 0 spiro atoms. The summed E-state index contributed by atoms with van der Waals surface area (Å²) in [6.45, 7) is 1.53. The van der Waals surface area contributed by atoms with Crippen molar-refractivity contribution >= 4 is 18.3 Å². The molecule has 22 heavy (non-hydrogen) atoms. The maximum atomic E-state index is 12.3. The van der Waals surface area contributed by atoms with Crippen LogP contribution in [0.15, 0.2) is 42.7 Å². The Bertz CT molecular complexity index is 608. The van der Waals surface area contributed by atoms with E-state index >= 15 is 0 Å². The highest BCUT2D eigenvalue weighted by molar-refractivity contribution is 5.85. The zero-order valence-electron chi connectivity index (χ0n) is 12.6. The van der Waals surface area contributed by atoms with Crippen LogP contribution in [0.2, 0.25) is 0 Å². The number of hydrogen-bond donors (Lipinski definition) is 1. The van der Waals surface area contributed by atoms with Crippen LogP contribution in [-0.2, 0) is 11.3 Å². The summed E-state index contributed by atoms with van der Waals surface area (Å²) in [5.41, 5.74) is 2.06. The second-order valence-corrected chi connectivity index (χ2v) is 5.47. The Hall–Kier alpha value is -1.85. The van der Waals surface area contributed by atoms with E-state index in [1.165, 1.54) is 0 Å². The van der Waals surface area contributed by atoms with Gasteiger partial charge in [0.1, 0.15) is 0 Å². The fraction of sp³-hybridized carbons (Fsp3) is 0.375. The molecule has 1 saturated heterocycles. The molecule has 2 aromatic rings. The van der Waals surface area contributed by atoms with Gasteiger partial charge in [0.15, 0.2) is 0 Å². The zero-order valence-corrected chi connectivity index (χ0v) is 13.4. The molecule has 5 nitrogen and oxygen atoms in total. The van der Waals surface area contributed by atoms with E-state index in [0.29, 0.717) is 6.54 Å². The van der Waals surface area contributed by atoms with E-state index in [9.17, 15) is 4.79 Å². The maximum Gasteiger partial charge on any atom is 0.239 e. The molecule has 3 rings (SSSR count). The molecule has 1 amide bonds. The Balaban J connectivity index is 0.00000176. The summed E-state index contributed by atoms with van der Waals surface area (Å²) in [7, 11) is 1.85. The molecule has 1 aromatic heterocycles. The minimum absolute atomic E-state index is 0. The van der Waals surface area contributed by atoms with Gasteiger partial charge in [-0.2, -0.15) is 5.10 Å². The fourth-order valence-electron chi connectivity index (χ4n) is 2.68. The summed E-state index contributed by atoms with van der Waals surface area (Å²) < 4.78 is 1.83. The largest absolute Gasteiger partial charge is 0.340 e. The molecule has 0 saturated carbocycles. The number of hydrogen-bond acceptors (Lipinski definition) is 3. The van der Waals surface area contributed by atoms with E-state index in [1.54, 1.807) is 4.90 Å². The van der Waals surface area contributed by atoms with Gasteiger partial charge in [-0.3, -0.25) is 4.79 Å². The van der Waals surface area contributed by atoms with E-state index in [0.717, 1.165) is 30.6 Å². The summed E-state index contributed by atoms with van der Waals surface area (Å²) in [5.74, 6) is 0.167. The lowest BCUT2D eigenvalue weighted by atomic mass is 10.2. The van der Waals surface area contributed by atoms with Crippen molar-refractivity contribution in [2.24, 2.45) is 0 Å². The van der Waals surface area contributed by atoms with Crippen molar-refractivity contribution in [1.82, 2.24) is 20.0 Å². The predicted octanol–water partition coefficient (Wildman–Crippen LogP) is 2.00. The third kappa shape index (κ3) is 3.67. The van der Waals surface area contributed by atoms with Gasteiger partial charge in [0.05, 0.1) is 17.9 Å². The number of nitrogens with zero attached hydrogens (tertiary/aromatic N) is 3. The van der Waals surface area contributed by atoms with Crippen LogP contribution < -0.4 is 5.32 Å². The van der Waals surface area contributed by atoms with Crippen LogP contribution in [-0.4, -0.2) is 40.2 Å². The fourth-order valence-corrected chi connectivity index (χ4v) is 2.68. The summed E-state index contributed by atoms with van der Waals surface area (Å²) in [5, 5.41) is 7.60. The van der Waals surface area contributed by atoms with Crippen LogP contribution in [0.5, 0.6) is 0 Å². The first kappa shape index (κ1) is 16.5. The van der Waals surface area contributed by atoms with Crippen LogP contribution in [0.1, 0.15) is 18.4 Å². The van der Waals surface area contributed by atoms with Crippen molar-refractivity contribution in [3.05, 3.63) is 48.3 Å². The van der Waals surface area contributed by atoms with E-state index in [-0.39, 0.29) is 24.4 Å². The van der Waals surface area contributed by atoms with Crippen LogP contribution in [0.25, 0.3) is 5.69 Å². The molecule has 1 atom stereocenters. The molecule has 1 unspecified atom stereocenters. The van der Waals surface area contributed by atoms with E-state index in [2.05, 4.69) is 10.4 Å². The Morgan fingerprint density at radius 2 is 2.18 bits per heavy atom. The van der Waals surface area contributed by atoms with E-state index < -0.39 is 0 Å². The molecule has 1 N–H and O–H groups in total. The van der Waals surface area contributed by atoms with Gasteiger partial charge in [-0.25, -0.2) is 4.68 Å². The third-order valence-corrected chi connectivity index (χ3v) is 3.81. The predicted molar refractivity (Wildman–Crippen MR) is 88.3 cm³/mol. The Morgan fingerprint density at radius 3 is 2.86 bits per heavy atom. The normalized spacial score (nSPS) is 17.0. The van der Waals surface area contributed by atoms with Gasteiger partial charge in [-0.1, -0.05) is 18.2 Å². The van der Waals surface area contributed by atoms with Gasteiger partial charge >= 0.3 is 0 Å². The first-order chi connectivity index (χ1) is 10.2. The summed E-state index contributed by atoms with van der Waals surface area (Å²) in [4.78, 5) is 14.0. The van der Waals surface area contributed by atoms with Gasteiger partial charge < -0.3 is 10.2 Å². The van der Waals surface area contributed by atoms with E-state index in [4.69, 9.17) is 0 Å². The van der Waals surface area contributed by atoms with Crippen LogP contribution in [0.3, 0.4) is 0 Å². The van der Waals surface area contributed by atoms with Crippen molar-refractivity contribution in [2.45, 2.75) is 25.4 Å². The molecular formula is C16H21ClN4O. The highest BCUT2D eigenvalue weighted by Gasteiger charge is 2.25. The SMILES string of the molecule is CN(Cc1cnn(-c2ccccc2)c1)C(=O)C1CCCN1.Cl. The molecule has 2 heterocycles. The number of benzene rings is 1. The molecule has 1 aliphatic rings. The van der Waals surface area contributed by atoms with Crippen LogP contribution >= 0.6 is 12.4 Å². The highest BCUT2D eigenvalue weighted by Crippen LogP contribution is 2.12. The maximum absolute atomic E-state index is 12.3. The average Bonchev–Trinajstić information content (AvgIpc) is 3.19. The highest BCUT2D eigenvalue weighted by atomic mass is 35.5.